The lowest BCUT2D eigenvalue weighted by atomic mass is 10.2. The summed E-state index contributed by atoms with van der Waals surface area (Å²) >= 11 is 0. The summed E-state index contributed by atoms with van der Waals surface area (Å²) in [6.45, 7) is -0.658. The van der Waals surface area contributed by atoms with Crippen LogP contribution in [0.2, 0.25) is 0 Å². The van der Waals surface area contributed by atoms with Crippen molar-refractivity contribution in [3.8, 4) is 0 Å². The molecule has 72 valence electrons. The van der Waals surface area contributed by atoms with Crippen LogP contribution in [0.1, 0.15) is 6.42 Å². The van der Waals surface area contributed by atoms with Gasteiger partial charge in [0.1, 0.15) is 6.17 Å². The molecule has 1 rings (SSSR count). The maximum absolute atomic E-state index is 12.7. The zero-order chi connectivity index (χ0) is 9.14. The van der Waals surface area contributed by atoms with E-state index in [1.54, 1.807) is 0 Å². The van der Waals surface area contributed by atoms with Crippen LogP contribution in [0.5, 0.6) is 0 Å². The van der Waals surface area contributed by atoms with Crippen molar-refractivity contribution in [3.63, 3.8) is 0 Å². The maximum Gasteiger partial charge on any atom is 0.251 e. The van der Waals surface area contributed by atoms with Crippen molar-refractivity contribution in [2.24, 2.45) is 0 Å². The van der Waals surface area contributed by atoms with Crippen LogP contribution in [0.25, 0.3) is 0 Å². The third-order valence-corrected chi connectivity index (χ3v) is 2.06. The highest BCUT2D eigenvalue weighted by Crippen LogP contribution is 2.20. The van der Waals surface area contributed by atoms with Gasteiger partial charge in [-0.2, -0.15) is 0 Å². The van der Waals surface area contributed by atoms with Crippen molar-refractivity contribution in [1.82, 2.24) is 4.90 Å². The fourth-order valence-corrected chi connectivity index (χ4v) is 1.51. The van der Waals surface area contributed by atoms with E-state index in [0.29, 0.717) is 0 Å². The van der Waals surface area contributed by atoms with E-state index in [-0.39, 0.29) is 19.6 Å². The number of halogens is 3. The molecule has 0 bridgehead atoms. The second-order valence-corrected chi connectivity index (χ2v) is 3.01. The summed E-state index contributed by atoms with van der Waals surface area (Å²) in [5.41, 5.74) is 0. The molecule has 2 nitrogen and oxygen atoms in total. The molecule has 0 spiro atoms. The summed E-state index contributed by atoms with van der Waals surface area (Å²) in [4.78, 5) is 1.30. The van der Waals surface area contributed by atoms with Gasteiger partial charge in [-0.05, 0) is 6.42 Å². The average Bonchev–Trinajstić information content (AvgIpc) is 2.29. The first-order valence-corrected chi connectivity index (χ1v) is 3.90. The Hall–Kier alpha value is -0.290. The van der Waals surface area contributed by atoms with Crippen LogP contribution in [0, 0.1) is 0 Å². The number of hydrogen-bond acceptors (Lipinski definition) is 2. The van der Waals surface area contributed by atoms with Gasteiger partial charge in [-0.25, -0.2) is 13.2 Å². The summed E-state index contributed by atoms with van der Waals surface area (Å²) in [7, 11) is 0. The predicted octanol–water partition coefficient (Wildman–Crippen LogP) is 0.656. The highest BCUT2D eigenvalue weighted by Gasteiger charge is 2.32. The minimum atomic E-state index is -2.45. The van der Waals surface area contributed by atoms with Gasteiger partial charge in [0.05, 0.1) is 13.2 Å². The standard InChI is InChI=1S/C7H12F3NO/c8-5-1-6(4-12)11(2-5)3-7(9)10/h5-7,12H,1-4H2/t5-,6-/m0/s1. The van der Waals surface area contributed by atoms with Gasteiger partial charge in [0, 0.05) is 12.6 Å². The van der Waals surface area contributed by atoms with E-state index in [9.17, 15) is 13.2 Å². The summed E-state index contributed by atoms with van der Waals surface area (Å²) in [5.74, 6) is 0. The molecule has 1 saturated heterocycles. The average molecular weight is 183 g/mol. The minimum absolute atomic E-state index is 0.0234. The summed E-state index contributed by atoms with van der Waals surface area (Å²) in [6.07, 6.45) is -3.35. The van der Waals surface area contributed by atoms with E-state index in [4.69, 9.17) is 5.11 Å². The molecule has 0 aromatic heterocycles. The monoisotopic (exact) mass is 183 g/mol. The molecule has 2 atom stereocenters. The van der Waals surface area contributed by atoms with E-state index < -0.39 is 25.2 Å². The quantitative estimate of drug-likeness (QED) is 0.694. The molecule has 0 aliphatic carbocycles. The number of hydrogen-bond donors (Lipinski definition) is 1. The van der Waals surface area contributed by atoms with Crippen molar-refractivity contribution in [3.05, 3.63) is 0 Å². The van der Waals surface area contributed by atoms with Crippen molar-refractivity contribution in [2.75, 3.05) is 19.7 Å². The number of nitrogens with zero attached hydrogens (tertiary/aromatic N) is 1. The second kappa shape index (κ2) is 4.09. The predicted molar refractivity (Wildman–Crippen MR) is 38.0 cm³/mol. The zero-order valence-electron chi connectivity index (χ0n) is 6.59. The van der Waals surface area contributed by atoms with Gasteiger partial charge < -0.3 is 5.11 Å². The Balaban J connectivity index is 2.40. The molecule has 1 aliphatic heterocycles. The van der Waals surface area contributed by atoms with Crippen molar-refractivity contribution < 1.29 is 18.3 Å². The Kier molecular flexibility index (Phi) is 3.34. The Morgan fingerprint density at radius 2 is 2.17 bits per heavy atom. The largest absolute Gasteiger partial charge is 0.395 e. The van der Waals surface area contributed by atoms with E-state index in [0.717, 1.165) is 0 Å². The molecular formula is C7H12F3NO. The molecule has 1 aliphatic rings. The first-order valence-electron chi connectivity index (χ1n) is 3.90. The normalized spacial score (nSPS) is 31.8. The lowest BCUT2D eigenvalue weighted by molar-refractivity contribution is 0.0652. The van der Waals surface area contributed by atoms with Crippen LogP contribution in [-0.4, -0.2) is 48.3 Å². The Morgan fingerprint density at radius 3 is 2.67 bits per heavy atom. The zero-order valence-corrected chi connectivity index (χ0v) is 6.59. The van der Waals surface area contributed by atoms with Gasteiger partial charge in [0.25, 0.3) is 6.43 Å². The first-order chi connectivity index (χ1) is 5.63. The van der Waals surface area contributed by atoms with Gasteiger partial charge in [-0.1, -0.05) is 0 Å². The number of alkyl halides is 3. The summed E-state index contributed by atoms with van der Waals surface area (Å²) in [6, 6.07) is -0.422. The molecule has 0 amide bonds. The van der Waals surface area contributed by atoms with E-state index >= 15 is 0 Å². The number of rotatable bonds is 3. The minimum Gasteiger partial charge on any atom is -0.395 e. The number of aliphatic hydroxyl groups excluding tert-OH is 1. The van der Waals surface area contributed by atoms with Crippen LogP contribution in [-0.2, 0) is 0 Å². The molecule has 1 fully saturated rings. The second-order valence-electron chi connectivity index (χ2n) is 3.01. The van der Waals surface area contributed by atoms with Crippen molar-refractivity contribution >= 4 is 0 Å². The van der Waals surface area contributed by atoms with Crippen LogP contribution in [0.3, 0.4) is 0 Å². The van der Waals surface area contributed by atoms with Crippen molar-refractivity contribution in [1.29, 1.82) is 0 Å². The molecule has 0 aromatic carbocycles. The van der Waals surface area contributed by atoms with E-state index in [1.807, 2.05) is 0 Å². The number of aliphatic hydroxyl groups is 1. The van der Waals surface area contributed by atoms with Crippen LogP contribution < -0.4 is 0 Å². The highest BCUT2D eigenvalue weighted by molar-refractivity contribution is 4.84. The smallest absolute Gasteiger partial charge is 0.251 e. The maximum atomic E-state index is 12.7. The number of likely N-dealkylation sites (tertiary alicyclic amines) is 1. The SMILES string of the molecule is OC[C@@H]1C[C@H](F)CN1CC(F)F. The Labute approximate surface area is 69.0 Å². The fraction of sp³-hybridized carbons (Fsp3) is 1.00. The molecular weight excluding hydrogens is 171 g/mol. The van der Waals surface area contributed by atoms with Crippen LogP contribution in [0.4, 0.5) is 13.2 Å². The molecule has 0 saturated carbocycles. The molecule has 1 heterocycles. The molecule has 12 heavy (non-hydrogen) atoms. The van der Waals surface area contributed by atoms with Gasteiger partial charge in [-0.15, -0.1) is 0 Å². The third kappa shape index (κ3) is 2.35. The molecule has 5 heteroatoms. The highest BCUT2D eigenvalue weighted by atomic mass is 19.3. The van der Waals surface area contributed by atoms with Gasteiger partial charge in [-0.3, -0.25) is 4.90 Å². The molecule has 0 aromatic rings. The summed E-state index contributed by atoms with van der Waals surface area (Å²) < 4.78 is 36.4. The van der Waals surface area contributed by atoms with Crippen LogP contribution >= 0.6 is 0 Å². The molecule has 0 unspecified atom stereocenters. The topological polar surface area (TPSA) is 23.5 Å². The van der Waals surface area contributed by atoms with E-state index in [1.165, 1.54) is 4.90 Å². The third-order valence-electron chi connectivity index (χ3n) is 2.06. The van der Waals surface area contributed by atoms with E-state index in [2.05, 4.69) is 0 Å². The summed E-state index contributed by atoms with van der Waals surface area (Å²) in [5, 5.41) is 8.71. The van der Waals surface area contributed by atoms with Crippen LogP contribution in [0.15, 0.2) is 0 Å². The molecule has 0 radical (unpaired) electrons. The lowest BCUT2D eigenvalue weighted by Gasteiger charge is -2.21. The van der Waals surface area contributed by atoms with Crippen molar-refractivity contribution in [2.45, 2.75) is 25.1 Å². The Bertz CT molecular complexity index is 145. The fourth-order valence-electron chi connectivity index (χ4n) is 1.51. The Morgan fingerprint density at radius 1 is 1.50 bits per heavy atom. The van der Waals surface area contributed by atoms with Gasteiger partial charge in [0.15, 0.2) is 0 Å². The lowest BCUT2D eigenvalue weighted by Crippen LogP contribution is -2.36. The van der Waals surface area contributed by atoms with Gasteiger partial charge >= 0.3 is 0 Å². The first kappa shape index (κ1) is 9.80. The van der Waals surface area contributed by atoms with Gasteiger partial charge in [0.2, 0.25) is 0 Å². The molecule has 1 N–H and O–H groups in total.